The van der Waals surface area contributed by atoms with E-state index in [0.29, 0.717) is 32.6 Å². The van der Waals surface area contributed by atoms with Gasteiger partial charge in [0.25, 0.3) is 0 Å². The molecule has 0 N–H and O–H groups in total. The minimum absolute atomic E-state index is 0.00841. The van der Waals surface area contributed by atoms with Crippen molar-refractivity contribution in [3.63, 3.8) is 0 Å². The Morgan fingerprint density at radius 2 is 0.827 bits per heavy atom. The van der Waals surface area contributed by atoms with Crippen LogP contribution in [0.2, 0.25) is 0 Å². The molecule has 2 unspecified atom stereocenters. The SMILES string of the molecule is FC(F)(F)C(F)(F)C(F)(F)C(F)(F)COc1cc(OCC(F)(F)C(F)(F)C(F)(F)C(F)(F)F)nc(C2CC(N3CCCC3)CC(N3CCCC3)C2)n1. The summed E-state index contributed by atoms with van der Waals surface area (Å²) in [5, 5.41) is 0. The summed E-state index contributed by atoms with van der Waals surface area (Å²) in [6, 6.07) is -0.455. The zero-order valence-corrected chi connectivity index (χ0v) is 26.4. The molecule has 24 heteroatoms. The molecule has 300 valence electrons. The molecule has 52 heavy (non-hydrogen) atoms. The summed E-state index contributed by atoms with van der Waals surface area (Å²) in [6.07, 6.45) is -10.3. The Bertz CT molecular complexity index is 1280. The van der Waals surface area contributed by atoms with E-state index in [-0.39, 0.29) is 31.0 Å². The number of aromatic nitrogens is 2. The number of likely N-dealkylation sites (tertiary alicyclic amines) is 2. The molecular weight excluding hydrogens is 766 g/mol. The van der Waals surface area contributed by atoms with Crippen LogP contribution in [0, 0.1) is 0 Å². The topological polar surface area (TPSA) is 50.7 Å². The first-order chi connectivity index (χ1) is 23.6. The monoisotopic (exact) mass is 796 g/mol. The third kappa shape index (κ3) is 7.91. The Morgan fingerprint density at radius 3 is 1.13 bits per heavy atom. The molecule has 6 nitrogen and oxygen atoms in total. The van der Waals surface area contributed by atoms with Crippen LogP contribution in [0.4, 0.5) is 79.0 Å². The molecule has 2 atom stereocenters. The van der Waals surface area contributed by atoms with Crippen LogP contribution in [0.25, 0.3) is 0 Å². The summed E-state index contributed by atoms with van der Waals surface area (Å²) in [5.41, 5.74) is 0. The average Bonchev–Trinajstić information content (AvgIpc) is 3.77. The van der Waals surface area contributed by atoms with Gasteiger partial charge in [0.05, 0.1) is 6.07 Å². The first kappa shape index (κ1) is 42.1. The van der Waals surface area contributed by atoms with Crippen molar-refractivity contribution in [1.82, 2.24) is 19.8 Å². The van der Waals surface area contributed by atoms with Gasteiger partial charge in [-0.25, -0.2) is 0 Å². The van der Waals surface area contributed by atoms with Crippen LogP contribution in [0.1, 0.15) is 56.7 Å². The van der Waals surface area contributed by atoms with Crippen molar-refractivity contribution in [2.45, 2.75) is 111 Å². The minimum atomic E-state index is -7.31. The van der Waals surface area contributed by atoms with Gasteiger partial charge in [-0.1, -0.05) is 0 Å². The van der Waals surface area contributed by atoms with Crippen molar-refractivity contribution in [2.75, 3.05) is 39.4 Å². The van der Waals surface area contributed by atoms with E-state index >= 15 is 0 Å². The lowest BCUT2D eigenvalue weighted by atomic mass is 9.80. The van der Waals surface area contributed by atoms with Crippen LogP contribution in [-0.2, 0) is 0 Å². The molecule has 3 heterocycles. The zero-order chi connectivity index (χ0) is 39.3. The van der Waals surface area contributed by atoms with Crippen molar-refractivity contribution >= 4 is 0 Å². The molecule has 1 aromatic heterocycles. The van der Waals surface area contributed by atoms with Gasteiger partial charge in [-0.05, 0) is 71.1 Å². The average molecular weight is 797 g/mol. The third-order valence-corrected chi connectivity index (χ3v) is 9.26. The maximum atomic E-state index is 14.3. The number of hydrogen-bond acceptors (Lipinski definition) is 6. The molecule has 4 rings (SSSR count). The molecular formula is C28H30F18N4O2. The lowest BCUT2D eigenvalue weighted by molar-refractivity contribution is -0.398. The Morgan fingerprint density at radius 1 is 0.500 bits per heavy atom. The lowest BCUT2D eigenvalue weighted by Crippen LogP contribution is -2.62. The highest BCUT2D eigenvalue weighted by Crippen LogP contribution is 2.54. The van der Waals surface area contributed by atoms with Crippen molar-refractivity contribution < 1.29 is 88.5 Å². The summed E-state index contributed by atoms with van der Waals surface area (Å²) >= 11 is 0. The summed E-state index contributed by atoms with van der Waals surface area (Å²) in [4.78, 5) is 11.6. The van der Waals surface area contributed by atoms with E-state index < -0.39 is 84.6 Å². The van der Waals surface area contributed by atoms with Crippen molar-refractivity contribution in [1.29, 1.82) is 0 Å². The van der Waals surface area contributed by atoms with Gasteiger partial charge in [-0.3, -0.25) is 0 Å². The van der Waals surface area contributed by atoms with E-state index in [1.54, 1.807) is 0 Å². The fourth-order valence-corrected chi connectivity index (χ4v) is 6.36. The number of alkyl halides is 18. The van der Waals surface area contributed by atoms with E-state index in [1.807, 2.05) is 0 Å². The number of hydrogen-bond donors (Lipinski definition) is 0. The van der Waals surface area contributed by atoms with Crippen LogP contribution >= 0.6 is 0 Å². The van der Waals surface area contributed by atoms with E-state index in [0.717, 1.165) is 25.7 Å². The molecule has 2 saturated heterocycles. The van der Waals surface area contributed by atoms with E-state index in [4.69, 9.17) is 0 Å². The summed E-state index contributed by atoms with van der Waals surface area (Å²) in [5.74, 6) is -46.0. The molecule has 3 aliphatic rings. The van der Waals surface area contributed by atoms with Crippen molar-refractivity contribution in [2.24, 2.45) is 0 Å². The Balaban J connectivity index is 1.69. The lowest BCUT2D eigenvalue weighted by Gasteiger charge is -2.42. The normalized spacial score (nSPS) is 24.1. The van der Waals surface area contributed by atoms with Crippen LogP contribution < -0.4 is 9.47 Å². The smallest absolute Gasteiger partial charge is 0.460 e. The van der Waals surface area contributed by atoms with Crippen LogP contribution in [0.5, 0.6) is 11.8 Å². The van der Waals surface area contributed by atoms with Gasteiger partial charge in [0.2, 0.25) is 11.8 Å². The second-order valence-electron chi connectivity index (χ2n) is 12.9. The van der Waals surface area contributed by atoms with Crippen molar-refractivity contribution in [3.8, 4) is 11.8 Å². The predicted molar refractivity (Wildman–Crippen MR) is 141 cm³/mol. The van der Waals surface area contributed by atoms with E-state index in [1.165, 1.54) is 0 Å². The summed E-state index contributed by atoms with van der Waals surface area (Å²) in [6.45, 7) is -3.41. The van der Waals surface area contributed by atoms with Gasteiger partial charge in [0, 0.05) is 18.0 Å². The fraction of sp³-hybridized carbons (Fsp3) is 0.857. The molecule has 1 saturated carbocycles. The molecule has 1 aliphatic carbocycles. The highest BCUT2D eigenvalue weighted by atomic mass is 19.4. The predicted octanol–water partition coefficient (Wildman–Crippen LogP) is 8.37. The summed E-state index contributed by atoms with van der Waals surface area (Å²) < 4.78 is 250. The Labute approximate surface area is 282 Å². The van der Waals surface area contributed by atoms with Crippen LogP contribution in [0.15, 0.2) is 6.07 Å². The molecule has 1 aromatic rings. The third-order valence-electron chi connectivity index (χ3n) is 9.26. The molecule has 0 amide bonds. The molecule has 0 spiro atoms. The van der Waals surface area contributed by atoms with Crippen LogP contribution in [0.3, 0.4) is 0 Å². The summed E-state index contributed by atoms with van der Waals surface area (Å²) in [7, 11) is 0. The van der Waals surface area contributed by atoms with Gasteiger partial charge in [-0.15, -0.1) is 0 Å². The molecule has 0 aromatic carbocycles. The molecule has 3 fully saturated rings. The van der Waals surface area contributed by atoms with E-state index in [9.17, 15) is 79.0 Å². The van der Waals surface area contributed by atoms with Crippen molar-refractivity contribution in [3.05, 3.63) is 11.9 Å². The van der Waals surface area contributed by atoms with Gasteiger partial charge >= 0.3 is 47.9 Å². The second kappa shape index (κ2) is 14.2. The number of nitrogens with zero attached hydrogens (tertiary/aromatic N) is 4. The zero-order valence-electron chi connectivity index (χ0n) is 26.4. The maximum absolute atomic E-state index is 14.3. The molecule has 0 bridgehead atoms. The number of ether oxygens (including phenoxy) is 2. The Kier molecular flexibility index (Phi) is 11.5. The highest BCUT2D eigenvalue weighted by Gasteiger charge is 2.83. The highest BCUT2D eigenvalue weighted by molar-refractivity contribution is 5.24. The first-order valence-electron chi connectivity index (χ1n) is 15.6. The standard InChI is InChI=1S/C28H30F18N4O2/c29-21(30,23(33,34)25(37,38)27(41,42)43)13-51-18-12-19(52-14-22(31,32)24(35,36)26(39,40)28(44,45)46)48-20(47-18)15-9-16(49-5-1-2-6-49)11-17(10-15)50-7-3-4-8-50/h12,15-17H,1-11,13-14H2. The molecule has 0 radical (unpaired) electrons. The maximum Gasteiger partial charge on any atom is 0.460 e. The minimum Gasteiger partial charge on any atom is -0.471 e. The van der Waals surface area contributed by atoms with Gasteiger partial charge < -0.3 is 19.3 Å². The quantitative estimate of drug-likeness (QED) is 0.187. The first-order valence-corrected chi connectivity index (χ1v) is 15.6. The van der Waals surface area contributed by atoms with Crippen LogP contribution in [-0.4, -0.2) is 119 Å². The Hall–Kier alpha value is -2.66. The largest absolute Gasteiger partial charge is 0.471 e. The molecule has 2 aliphatic heterocycles. The van der Waals surface area contributed by atoms with Gasteiger partial charge in [0.15, 0.2) is 13.2 Å². The number of halogens is 18. The van der Waals surface area contributed by atoms with Gasteiger partial charge in [0.1, 0.15) is 5.82 Å². The fourth-order valence-electron chi connectivity index (χ4n) is 6.36. The number of rotatable bonds is 13. The van der Waals surface area contributed by atoms with E-state index in [2.05, 4.69) is 29.2 Å². The second-order valence-corrected chi connectivity index (χ2v) is 12.9. The van der Waals surface area contributed by atoms with Gasteiger partial charge in [-0.2, -0.15) is 89.0 Å².